The Labute approximate surface area is 204 Å². The highest BCUT2D eigenvalue weighted by atomic mass is 79.9. The van der Waals surface area contributed by atoms with Crippen LogP contribution in [0.15, 0.2) is 89.4 Å². The minimum absolute atomic E-state index is 0.0716. The van der Waals surface area contributed by atoms with Gasteiger partial charge in [0.1, 0.15) is 17.7 Å². The second-order valence-corrected chi connectivity index (χ2v) is 9.93. The highest BCUT2D eigenvalue weighted by Crippen LogP contribution is 2.46. The average Bonchev–Trinajstić information content (AvgIpc) is 3.20. The fourth-order valence-electron chi connectivity index (χ4n) is 3.95. The summed E-state index contributed by atoms with van der Waals surface area (Å²) in [6.45, 7) is 0.447. The SMILES string of the molecule is O=C1CS[C@@H](c2cc(Br)ccc2OCc2cccc3ccccc23)N1c1ccc(Cl)cc1. The average molecular weight is 525 g/mol. The lowest BCUT2D eigenvalue weighted by Crippen LogP contribution is -2.28. The number of thioether (sulfide) groups is 1. The van der Waals surface area contributed by atoms with Crippen LogP contribution in [0.2, 0.25) is 5.02 Å². The standard InChI is InChI=1S/C26H19BrClNO2S/c27-19-8-13-24(31-15-18-6-3-5-17-4-1-2-7-22(17)18)23(14-19)26-29(25(30)16-32-26)21-11-9-20(28)10-12-21/h1-14,26H,15-16H2/t26-/m0/s1. The monoisotopic (exact) mass is 523 g/mol. The topological polar surface area (TPSA) is 29.5 Å². The molecule has 0 unspecified atom stereocenters. The van der Waals surface area contributed by atoms with Crippen LogP contribution in [0.5, 0.6) is 5.75 Å². The smallest absolute Gasteiger partial charge is 0.238 e. The van der Waals surface area contributed by atoms with E-state index in [1.807, 2.05) is 59.5 Å². The molecule has 1 aliphatic rings. The first kappa shape index (κ1) is 21.4. The zero-order valence-electron chi connectivity index (χ0n) is 17.0. The lowest BCUT2D eigenvalue weighted by molar-refractivity contribution is -0.115. The summed E-state index contributed by atoms with van der Waals surface area (Å²) in [4.78, 5) is 14.6. The summed E-state index contributed by atoms with van der Waals surface area (Å²) in [5, 5.41) is 2.84. The van der Waals surface area contributed by atoms with E-state index in [1.165, 1.54) is 10.8 Å². The molecule has 0 radical (unpaired) electrons. The molecule has 1 aliphatic heterocycles. The highest BCUT2D eigenvalue weighted by Gasteiger charge is 2.36. The number of benzene rings is 4. The summed E-state index contributed by atoms with van der Waals surface area (Å²) in [5.41, 5.74) is 2.92. The molecule has 4 aromatic carbocycles. The minimum Gasteiger partial charge on any atom is -0.488 e. The zero-order valence-corrected chi connectivity index (χ0v) is 20.2. The fourth-order valence-corrected chi connectivity index (χ4v) is 5.65. The maximum Gasteiger partial charge on any atom is 0.238 e. The van der Waals surface area contributed by atoms with Gasteiger partial charge in [0.25, 0.3) is 0 Å². The third kappa shape index (κ3) is 4.25. The van der Waals surface area contributed by atoms with Crippen molar-refractivity contribution in [2.75, 3.05) is 10.7 Å². The van der Waals surface area contributed by atoms with Crippen LogP contribution in [0.1, 0.15) is 16.5 Å². The lowest BCUT2D eigenvalue weighted by atomic mass is 10.1. The van der Waals surface area contributed by atoms with Gasteiger partial charge in [0, 0.05) is 20.7 Å². The zero-order chi connectivity index (χ0) is 22.1. The predicted molar refractivity (Wildman–Crippen MR) is 137 cm³/mol. The molecule has 160 valence electrons. The summed E-state index contributed by atoms with van der Waals surface area (Å²) >= 11 is 11.2. The van der Waals surface area contributed by atoms with Gasteiger partial charge in [-0.3, -0.25) is 9.69 Å². The molecule has 1 heterocycles. The Morgan fingerprint density at radius 3 is 2.62 bits per heavy atom. The Morgan fingerprint density at radius 2 is 1.78 bits per heavy atom. The number of halogens is 2. The molecule has 0 N–H and O–H groups in total. The number of nitrogens with zero attached hydrogens (tertiary/aromatic N) is 1. The first-order valence-corrected chi connectivity index (χ1v) is 12.4. The molecule has 1 atom stereocenters. The van der Waals surface area contributed by atoms with Crippen molar-refractivity contribution in [1.82, 2.24) is 0 Å². The van der Waals surface area contributed by atoms with Crippen LogP contribution in [-0.2, 0) is 11.4 Å². The molecule has 1 fully saturated rings. The number of rotatable bonds is 5. The molecule has 1 amide bonds. The fraction of sp³-hybridized carbons (Fsp3) is 0.115. The Balaban J connectivity index is 1.48. The number of amides is 1. The van der Waals surface area contributed by atoms with Crippen molar-refractivity contribution in [2.45, 2.75) is 12.0 Å². The molecule has 4 aromatic rings. The van der Waals surface area contributed by atoms with E-state index in [0.29, 0.717) is 17.4 Å². The molecule has 1 saturated heterocycles. The van der Waals surface area contributed by atoms with Crippen molar-refractivity contribution in [3.63, 3.8) is 0 Å². The molecule has 0 aliphatic carbocycles. The Morgan fingerprint density at radius 1 is 1.00 bits per heavy atom. The number of ether oxygens (including phenoxy) is 1. The quantitative estimate of drug-likeness (QED) is 0.269. The van der Waals surface area contributed by atoms with E-state index < -0.39 is 0 Å². The van der Waals surface area contributed by atoms with Gasteiger partial charge in [-0.15, -0.1) is 11.8 Å². The second kappa shape index (κ2) is 9.18. The Kier molecular flexibility index (Phi) is 6.13. The molecule has 5 rings (SSSR count). The Bertz CT molecular complexity index is 1290. The molecular formula is C26H19BrClNO2S. The van der Waals surface area contributed by atoms with E-state index in [9.17, 15) is 4.79 Å². The highest BCUT2D eigenvalue weighted by molar-refractivity contribution is 9.10. The van der Waals surface area contributed by atoms with Crippen LogP contribution >= 0.6 is 39.3 Å². The van der Waals surface area contributed by atoms with Gasteiger partial charge in [-0.2, -0.15) is 0 Å². The molecule has 0 spiro atoms. The van der Waals surface area contributed by atoms with E-state index in [0.717, 1.165) is 27.0 Å². The van der Waals surface area contributed by atoms with Gasteiger partial charge in [-0.1, -0.05) is 70.0 Å². The first-order chi connectivity index (χ1) is 15.6. The Hall–Kier alpha value is -2.47. The number of fused-ring (bicyclic) bond motifs is 1. The van der Waals surface area contributed by atoms with Crippen molar-refractivity contribution in [3.05, 3.63) is 106 Å². The van der Waals surface area contributed by atoms with Crippen molar-refractivity contribution < 1.29 is 9.53 Å². The normalized spacial score (nSPS) is 16.0. The van der Waals surface area contributed by atoms with Gasteiger partial charge in [0.15, 0.2) is 0 Å². The van der Waals surface area contributed by atoms with E-state index >= 15 is 0 Å². The van der Waals surface area contributed by atoms with Crippen LogP contribution in [0.4, 0.5) is 5.69 Å². The molecule has 0 bridgehead atoms. The summed E-state index contributed by atoms with van der Waals surface area (Å²) in [6.07, 6.45) is 0. The largest absolute Gasteiger partial charge is 0.488 e. The first-order valence-electron chi connectivity index (χ1n) is 10.2. The summed E-state index contributed by atoms with van der Waals surface area (Å²) in [7, 11) is 0. The molecule has 0 aromatic heterocycles. The molecule has 3 nitrogen and oxygen atoms in total. The number of carbonyl (C=O) groups excluding carboxylic acids is 1. The molecule has 6 heteroatoms. The van der Waals surface area contributed by atoms with Crippen molar-refractivity contribution in [1.29, 1.82) is 0 Å². The van der Waals surface area contributed by atoms with Crippen LogP contribution in [0, 0.1) is 0 Å². The van der Waals surface area contributed by atoms with Crippen LogP contribution in [0.3, 0.4) is 0 Å². The number of carbonyl (C=O) groups is 1. The van der Waals surface area contributed by atoms with Crippen LogP contribution in [-0.4, -0.2) is 11.7 Å². The number of hydrogen-bond donors (Lipinski definition) is 0. The number of anilines is 1. The third-order valence-corrected chi connectivity index (χ3v) is 7.41. The second-order valence-electron chi connectivity index (χ2n) is 7.51. The molecular weight excluding hydrogens is 506 g/mol. The molecule has 32 heavy (non-hydrogen) atoms. The van der Waals surface area contributed by atoms with Gasteiger partial charge in [0.2, 0.25) is 5.91 Å². The van der Waals surface area contributed by atoms with Crippen molar-refractivity contribution in [2.24, 2.45) is 0 Å². The van der Waals surface area contributed by atoms with Gasteiger partial charge in [-0.05, 0) is 58.8 Å². The van der Waals surface area contributed by atoms with Gasteiger partial charge >= 0.3 is 0 Å². The van der Waals surface area contributed by atoms with Crippen molar-refractivity contribution >= 4 is 61.7 Å². The van der Waals surface area contributed by atoms with Crippen molar-refractivity contribution in [3.8, 4) is 5.75 Å². The third-order valence-electron chi connectivity index (χ3n) is 5.47. The predicted octanol–water partition coefficient (Wildman–Crippen LogP) is 7.61. The summed E-state index contributed by atoms with van der Waals surface area (Å²) in [6, 6.07) is 27.9. The summed E-state index contributed by atoms with van der Waals surface area (Å²) in [5.74, 6) is 1.26. The van der Waals surface area contributed by atoms with E-state index in [2.05, 4.69) is 46.3 Å². The van der Waals surface area contributed by atoms with Crippen LogP contribution in [0.25, 0.3) is 10.8 Å². The van der Waals surface area contributed by atoms with Gasteiger partial charge in [0.05, 0.1) is 5.75 Å². The lowest BCUT2D eigenvalue weighted by Gasteiger charge is -2.26. The van der Waals surface area contributed by atoms with Gasteiger partial charge < -0.3 is 4.74 Å². The van der Waals surface area contributed by atoms with E-state index in [1.54, 1.807) is 11.8 Å². The van der Waals surface area contributed by atoms with E-state index in [-0.39, 0.29) is 11.3 Å². The number of hydrogen-bond acceptors (Lipinski definition) is 3. The molecule has 0 saturated carbocycles. The van der Waals surface area contributed by atoms with Gasteiger partial charge in [-0.25, -0.2) is 0 Å². The van der Waals surface area contributed by atoms with Crippen LogP contribution < -0.4 is 9.64 Å². The summed E-state index contributed by atoms with van der Waals surface area (Å²) < 4.78 is 7.29. The van der Waals surface area contributed by atoms with E-state index in [4.69, 9.17) is 16.3 Å². The minimum atomic E-state index is -0.177. The maximum atomic E-state index is 12.8. The maximum absolute atomic E-state index is 12.8.